The van der Waals surface area contributed by atoms with Gasteiger partial charge in [0, 0.05) is 23.9 Å². The van der Waals surface area contributed by atoms with Crippen molar-refractivity contribution in [2.75, 3.05) is 35.6 Å². The van der Waals surface area contributed by atoms with Gasteiger partial charge in [0.25, 0.3) is 0 Å². The van der Waals surface area contributed by atoms with E-state index in [0.717, 1.165) is 55.2 Å². The summed E-state index contributed by atoms with van der Waals surface area (Å²) in [6.07, 6.45) is 8.76. The molecule has 35 heavy (non-hydrogen) atoms. The van der Waals surface area contributed by atoms with Crippen molar-refractivity contribution in [1.29, 1.82) is 5.26 Å². The summed E-state index contributed by atoms with van der Waals surface area (Å²) in [5, 5.41) is 22.0. The third kappa shape index (κ3) is 6.94. The van der Waals surface area contributed by atoms with E-state index in [2.05, 4.69) is 48.1 Å². The molecule has 4 heterocycles. The molecule has 0 aliphatic carbocycles. The molecule has 1 atom stereocenters. The minimum atomic E-state index is -0.0664. The molecule has 0 bridgehead atoms. The number of pyridine rings is 1. The van der Waals surface area contributed by atoms with Gasteiger partial charge in [-0.25, -0.2) is 19.9 Å². The molecule has 1 unspecified atom stereocenters. The molecule has 1 fully saturated rings. The van der Waals surface area contributed by atoms with Gasteiger partial charge in [-0.3, -0.25) is 4.79 Å². The minimum absolute atomic E-state index is 0.0664. The Kier molecular flexibility index (Phi) is 8.53. The lowest BCUT2D eigenvalue weighted by Crippen LogP contribution is -2.33. The molecule has 182 valence electrons. The van der Waals surface area contributed by atoms with Gasteiger partial charge in [-0.2, -0.15) is 5.26 Å². The summed E-state index contributed by atoms with van der Waals surface area (Å²) in [4.78, 5) is 30.9. The SMILES string of the molecule is CCc1ncsc1CCC(=O)Nc1cnc(Nc2cnc(C#N)cn2)cc1NCC1CCCNC1. The van der Waals surface area contributed by atoms with E-state index in [9.17, 15) is 4.79 Å². The van der Waals surface area contributed by atoms with Gasteiger partial charge in [-0.05, 0) is 44.7 Å². The molecular formula is C24H29N9OS. The van der Waals surface area contributed by atoms with Crippen molar-refractivity contribution in [1.82, 2.24) is 25.3 Å². The van der Waals surface area contributed by atoms with E-state index >= 15 is 0 Å². The Bertz CT molecular complexity index is 1170. The summed E-state index contributed by atoms with van der Waals surface area (Å²) in [5.41, 5.74) is 4.57. The van der Waals surface area contributed by atoms with Crippen LogP contribution < -0.4 is 21.3 Å². The van der Waals surface area contributed by atoms with Gasteiger partial charge in [-0.15, -0.1) is 11.3 Å². The molecule has 0 aromatic carbocycles. The number of carbonyl (C=O) groups excluding carboxylic acids is 1. The van der Waals surface area contributed by atoms with E-state index in [4.69, 9.17) is 5.26 Å². The van der Waals surface area contributed by atoms with Gasteiger partial charge in [0.05, 0.1) is 41.2 Å². The Hall–Kier alpha value is -3.62. The molecular weight excluding hydrogens is 462 g/mol. The molecule has 4 rings (SSSR count). The monoisotopic (exact) mass is 491 g/mol. The highest BCUT2D eigenvalue weighted by molar-refractivity contribution is 7.09. The van der Waals surface area contributed by atoms with Gasteiger partial charge >= 0.3 is 0 Å². The second-order valence-electron chi connectivity index (χ2n) is 8.36. The number of amides is 1. The Morgan fingerprint density at radius 3 is 2.83 bits per heavy atom. The molecule has 1 amide bonds. The van der Waals surface area contributed by atoms with Crippen LogP contribution in [0.15, 0.2) is 30.2 Å². The normalized spacial score (nSPS) is 15.3. The van der Waals surface area contributed by atoms with Crippen LogP contribution in [0.3, 0.4) is 0 Å². The van der Waals surface area contributed by atoms with Crippen molar-refractivity contribution in [3.05, 3.63) is 46.4 Å². The molecule has 1 aliphatic rings. The summed E-state index contributed by atoms with van der Waals surface area (Å²) < 4.78 is 0. The Morgan fingerprint density at radius 1 is 1.20 bits per heavy atom. The fraction of sp³-hybridized carbons (Fsp3) is 0.417. The molecule has 11 heteroatoms. The van der Waals surface area contributed by atoms with Crippen molar-refractivity contribution in [2.24, 2.45) is 5.92 Å². The van der Waals surface area contributed by atoms with Crippen LogP contribution in [-0.2, 0) is 17.6 Å². The van der Waals surface area contributed by atoms with Crippen molar-refractivity contribution in [2.45, 2.75) is 39.0 Å². The lowest BCUT2D eigenvalue weighted by Gasteiger charge is -2.24. The average Bonchev–Trinajstić information content (AvgIpc) is 3.36. The maximum atomic E-state index is 12.7. The highest BCUT2D eigenvalue weighted by atomic mass is 32.1. The van der Waals surface area contributed by atoms with Crippen molar-refractivity contribution in [3.8, 4) is 6.07 Å². The number of hydrogen-bond donors (Lipinski definition) is 4. The Balaban J connectivity index is 1.45. The lowest BCUT2D eigenvalue weighted by atomic mass is 10.00. The minimum Gasteiger partial charge on any atom is -0.383 e. The molecule has 3 aromatic heterocycles. The first-order valence-corrected chi connectivity index (χ1v) is 12.7. The highest BCUT2D eigenvalue weighted by Gasteiger charge is 2.16. The second kappa shape index (κ2) is 12.2. The van der Waals surface area contributed by atoms with E-state index in [1.165, 1.54) is 12.4 Å². The summed E-state index contributed by atoms with van der Waals surface area (Å²) in [7, 11) is 0. The topological polar surface area (TPSA) is 141 Å². The van der Waals surface area contributed by atoms with Crippen LogP contribution in [0.4, 0.5) is 23.0 Å². The Labute approximate surface area is 208 Å². The number of nitrogens with one attached hydrogen (secondary N) is 4. The maximum Gasteiger partial charge on any atom is 0.224 e. The number of thiazole rings is 1. The standard InChI is InChI=1S/C24H29N9OS/c1-2-18-21(35-15-31-18)5-6-24(34)32-20-13-30-22(33-23-14-27-17(9-25)12-29-23)8-19(20)28-11-16-4-3-7-26-10-16/h8,12-16,26H,2-7,10-11H2,1H3,(H,32,34)(H2,28,29,30,33). The van der Waals surface area contributed by atoms with E-state index in [0.29, 0.717) is 36.1 Å². The molecule has 1 aliphatic heterocycles. The number of nitrogens with zero attached hydrogens (tertiary/aromatic N) is 5. The zero-order chi connectivity index (χ0) is 24.5. The van der Waals surface area contributed by atoms with Gasteiger partial charge < -0.3 is 21.3 Å². The van der Waals surface area contributed by atoms with Crippen LogP contribution in [0.1, 0.15) is 42.5 Å². The number of aromatic nitrogens is 4. The lowest BCUT2D eigenvalue weighted by molar-refractivity contribution is -0.116. The molecule has 10 nitrogen and oxygen atoms in total. The molecule has 0 saturated carbocycles. The fourth-order valence-corrected chi connectivity index (χ4v) is 4.79. The number of anilines is 4. The third-order valence-electron chi connectivity index (χ3n) is 5.82. The average molecular weight is 492 g/mol. The Morgan fingerprint density at radius 2 is 2.09 bits per heavy atom. The molecule has 0 spiro atoms. The largest absolute Gasteiger partial charge is 0.383 e. The number of nitriles is 1. The van der Waals surface area contributed by atoms with E-state index in [1.807, 2.05) is 17.6 Å². The summed E-state index contributed by atoms with van der Waals surface area (Å²) >= 11 is 1.60. The molecule has 3 aromatic rings. The molecule has 1 saturated heterocycles. The predicted octanol–water partition coefficient (Wildman–Crippen LogP) is 3.49. The summed E-state index contributed by atoms with van der Waals surface area (Å²) in [6.45, 7) is 4.90. The summed E-state index contributed by atoms with van der Waals surface area (Å²) in [5.74, 6) is 1.49. The van der Waals surface area contributed by atoms with E-state index in [-0.39, 0.29) is 11.6 Å². The number of piperidine rings is 1. The fourth-order valence-electron chi connectivity index (χ4n) is 3.93. The first kappa shape index (κ1) is 24.5. The van der Waals surface area contributed by atoms with Gasteiger partial charge in [0.1, 0.15) is 17.7 Å². The summed E-state index contributed by atoms with van der Waals surface area (Å²) in [6, 6.07) is 3.80. The number of hydrogen-bond acceptors (Lipinski definition) is 10. The third-order valence-corrected chi connectivity index (χ3v) is 6.76. The smallest absolute Gasteiger partial charge is 0.224 e. The van der Waals surface area contributed by atoms with Crippen LogP contribution in [0.5, 0.6) is 0 Å². The van der Waals surface area contributed by atoms with Crippen LogP contribution in [0.25, 0.3) is 0 Å². The number of rotatable bonds is 10. The van der Waals surface area contributed by atoms with Gasteiger partial charge in [0.15, 0.2) is 5.69 Å². The maximum absolute atomic E-state index is 12.7. The number of carbonyl (C=O) groups is 1. The zero-order valence-electron chi connectivity index (χ0n) is 19.7. The van der Waals surface area contributed by atoms with Crippen LogP contribution in [-0.4, -0.2) is 45.5 Å². The zero-order valence-corrected chi connectivity index (χ0v) is 20.5. The second-order valence-corrected chi connectivity index (χ2v) is 9.30. The highest BCUT2D eigenvalue weighted by Crippen LogP contribution is 2.26. The molecule has 4 N–H and O–H groups in total. The first-order chi connectivity index (χ1) is 17.1. The quantitative estimate of drug-likeness (QED) is 0.335. The van der Waals surface area contributed by atoms with Crippen molar-refractivity contribution in [3.63, 3.8) is 0 Å². The predicted molar refractivity (Wildman–Crippen MR) is 137 cm³/mol. The van der Waals surface area contributed by atoms with Gasteiger partial charge in [0.2, 0.25) is 5.91 Å². The van der Waals surface area contributed by atoms with Gasteiger partial charge in [-0.1, -0.05) is 6.92 Å². The van der Waals surface area contributed by atoms with Crippen LogP contribution in [0.2, 0.25) is 0 Å². The van der Waals surface area contributed by atoms with Crippen LogP contribution in [0, 0.1) is 17.2 Å². The van der Waals surface area contributed by atoms with Crippen LogP contribution >= 0.6 is 11.3 Å². The number of aryl methyl sites for hydroxylation is 2. The first-order valence-electron chi connectivity index (χ1n) is 11.8. The van der Waals surface area contributed by atoms with E-state index < -0.39 is 0 Å². The van der Waals surface area contributed by atoms with E-state index in [1.54, 1.807) is 17.5 Å². The van der Waals surface area contributed by atoms with Crippen molar-refractivity contribution < 1.29 is 4.79 Å². The van der Waals surface area contributed by atoms with Crippen molar-refractivity contribution >= 4 is 40.3 Å². The molecule has 0 radical (unpaired) electrons.